The van der Waals surface area contributed by atoms with Crippen LogP contribution in [0.25, 0.3) is 0 Å². The molecule has 0 fully saturated rings. The summed E-state index contributed by atoms with van der Waals surface area (Å²) in [7, 11) is 0. The molecule has 10 heavy (non-hydrogen) atoms. The first-order chi connectivity index (χ1) is 4.72. The van der Waals surface area contributed by atoms with Gasteiger partial charge in [-0.2, -0.15) is 0 Å². The lowest BCUT2D eigenvalue weighted by Crippen LogP contribution is -2.29. The molecule has 1 aromatic heterocycles. The quantitative estimate of drug-likeness (QED) is 0.231. The van der Waals surface area contributed by atoms with Crippen molar-refractivity contribution < 1.29 is 9.65 Å². The molecular weight excluding hydrogens is 138 g/mol. The number of aromatic nitrogens is 2. The Labute approximate surface area is 55.5 Å². The summed E-state index contributed by atoms with van der Waals surface area (Å²) in [5, 5.41) is 20.5. The van der Waals surface area contributed by atoms with E-state index in [0.29, 0.717) is 0 Å². The van der Waals surface area contributed by atoms with E-state index in [1.165, 1.54) is 6.20 Å². The van der Waals surface area contributed by atoms with Crippen molar-refractivity contribution in [2.24, 2.45) is 0 Å². The van der Waals surface area contributed by atoms with Gasteiger partial charge in [-0.1, -0.05) is 0 Å². The van der Waals surface area contributed by atoms with Crippen LogP contribution < -0.4 is 4.73 Å². The summed E-state index contributed by atoms with van der Waals surface area (Å²) in [6.07, 6.45) is 3.05. The van der Waals surface area contributed by atoms with E-state index in [-0.39, 0.29) is 4.73 Å². The molecule has 1 rings (SSSR count). The van der Waals surface area contributed by atoms with E-state index in [0.717, 1.165) is 12.4 Å². The summed E-state index contributed by atoms with van der Waals surface area (Å²) in [6.45, 7) is 0. The lowest BCUT2D eigenvalue weighted by atomic mass is 10.7. The molecule has 52 valence electrons. The second-order valence-corrected chi connectivity index (χ2v) is 1.52. The monoisotopic (exact) mass is 141 g/mol. The van der Waals surface area contributed by atoms with Crippen LogP contribution in [-0.2, 0) is 0 Å². The van der Waals surface area contributed by atoms with Crippen molar-refractivity contribution in [2.45, 2.75) is 0 Å². The van der Waals surface area contributed by atoms with Crippen molar-refractivity contribution in [3.8, 4) is 0 Å². The molecule has 0 aliphatic rings. The van der Waals surface area contributed by atoms with Crippen molar-refractivity contribution in [3.05, 3.63) is 33.9 Å². The third-order valence-electron chi connectivity index (χ3n) is 0.891. The van der Waals surface area contributed by atoms with Gasteiger partial charge in [-0.05, 0) is 0 Å². The van der Waals surface area contributed by atoms with Gasteiger partial charge in [0.1, 0.15) is 4.92 Å². The number of rotatable bonds is 1. The average molecular weight is 141 g/mol. The van der Waals surface area contributed by atoms with Gasteiger partial charge >= 0.3 is 5.82 Å². The van der Waals surface area contributed by atoms with Crippen molar-refractivity contribution >= 4 is 5.82 Å². The summed E-state index contributed by atoms with van der Waals surface area (Å²) in [4.78, 5) is 12.6. The normalized spacial score (nSPS) is 9.20. The first-order valence-corrected chi connectivity index (χ1v) is 2.39. The molecule has 0 radical (unpaired) electrons. The van der Waals surface area contributed by atoms with E-state index in [2.05, 4.69) is 4.98 Å². The summed E-state index contributed by atoms with van der Waals surface area (Å²) >= 11 is 0. The molecule has 6 heteroatoms. The summed E-state index contributed by atoms with van der Waals surface area (Å²) < 4.78 is 0.146. The molecule has 0 N–H and O–H groups in total. The van der Waals surface area contributed by atoms with E-state index in [1.54, 1.807) is 0 Å². The Morgan fingerprint density at radius 3 is 2.80 bits per heavy atom. The zero-order valence-electron chi connectivity index (χ0n) is 4.80. The Morgan fingerprint density at radius 2 is 2.40 bits per heavy atom. The van der Waals surface area contributed by atoms with Gasteiger partial charge < -0.3 is 5.21 Å². The van der Waals surface area contributed by atoms with Gasteiger partial charge in [0, 0.05) is 0 Å². The van der Waals surface area contributed by atoms with Gasteiger partial charge in [-0.25, -0.2) is 4.98 Å². The first-order valence-electron chi connectivity index (χ1n) is 2.39. The van der Waals surface area contributed by atoms with Gasteiger partial charge in [0.15, 0.2) is 6.20 Å². The topological polar surface area (TPSA) is 83.0 Å². The smallest absolute Gasteiger partial charge is 0.531 e. The van der Waals surface area contributed by atoms with Crippen LogP contribution in [0.5, 0.6) is 0 Å². The van der Waals surface area contributed by atoms with Crippen molar-refractivity contribution in [1.29, 1.82) is 0 Å². The van der Waals surface area contributed by atoms with Crippen LogP contribution in [0, 0.1) is 15.3 Å². The maximum atomic E-state index is 10.5. The van der Waals surface area contributed by atoms with E-state index in [4.69, 9.17) is 0 Å². The second kappa shape index (κ2) is 2.26. The van der Waals surface area contributed by atoms with Crippen molar-refractivity contribution in [1.82, 2.24) is 4.98 Å². The fraction of sp³-hybridized carbons (Fsp3) is 0. The highest BCUT2D eigenvalue weighted by Gasteiger charge is 2.15. The molecule has 0 saturated carbocycles. The van der Waals surface area contributed by atoms with Gasteiger partial charge in [-0.15, -0.1) is 4.73 Å². The van der Waals surface area contributed by atoms with Gasteiger partial charge in [-0.3, -0.25) is 10.1 Å². The number of nitro groups is 1. The highest BCUT2D eigenvalue weighted by molar-refractivity contribution is 5.02. The third-order valence-corrected chi connectivity index (χ3v) is 0.891. The van der Waals surface area contributed by atoms with E-state index >= 15 is 0 Å². The Kier molecular flexibility index (Phi) is 1.44. The SMILES string of the molecule is O=[N+]([O-])c1cncc[n+]1[O-]. The minimum absolute atomic E-state index is 0.146. The number of hydrogen-bond donors (Lipinski definition) is 0. The third kappa shape index (κ3) is 0.993. The van der Waals surface area contributed by atoms with Crippen molar-refractivity contribution in [2.75, 3.05) is 0 Å². The van der Waals surface area contributed by atoms with Crippen LogP contribution in [-0.4, -0.2) is 9.91 Å². The molecule has 0 atom stereocenters. The highest BCUT2D eigenvalue weighted by Crippen LogP contribution is 1.96. The van der Waals surface area contributed by atoms with Gasteiger partial charge in [0.2, 0.25) is 6.20 Å². The fourth-order valence-electron chi connectivity index (χ4n) is 0.470. The predicted molar refractivity (Wildman–Crippen MR) is 29.9 cm³/mol. The minimum Gasteiger partial charge on any atom is -0.614 e. The Bertz CT molecular complexity index is 262. The Hall–Kier alpha value is -1.72. The Balaban J connectivity index is 3.15. The standard InChI is InChI=1S/C4H3N3O3/c8-6-2-1-5-3-4(6)7(9)10/h1-3H. The summed E-state index contributed by atoms with van der Waals surface area (Å²) in [5.74, 6) is -0.567. The number of hydrogen-bond acceptors (Lipinski definition) is 4. The lowest BCUT2D eigenvalue weighted by molar-refractivity contribution is -0.665. The zero-order valence-corrected chi connectivity index (χ0v) is 4.80. The van der Waals surface area contributed by atoms with Crippen LogP contribution in [0.1, 0.15) is 0 Å². The highest BCUT2D eigenvalue weighted by atomic mass is 16.6. The lowest BCUT2D eigenvalue weighted by Gasteiger charge is -1.92. The molecule has 0 spiro atoms. The van der Waals surface area contributed by atoms with E-state index in [9.17, 15) is 15.3 Å². The predicted octanol–water partition coefficient (Wildman–Crippen LogP) is -0.377. The molecule has 0 bridgehead atoms. The molecule has 0 amide bonds. The van der Waals surface area contributed by atoms with Crippen LogP contribution in [0.2, 0.25) is 0 Å². The molecule has 0 aliphatic heterocycles. The van der Waals surface area contributed by atoms with Crippen LogP contribution in [0.4, 0.5) is 5.82 Å². The molecular formula is C4H3N3O3. The van der Waals surface area contributed by atoms with Gasteiger partial charge in [0.05, 0.1) is 6.20 Å². The molecule has 0 saturated heterocycles. The van der Waals surface area contributed by atoms with Crippen LogP contribution >= 0.6 is 0 Å². The van der Waals surface area contributed by atoms with E-state index in [1.807, 2.05) is 0 Å². The molecule has 1 aromatic rings. The minimum atomic E-state index is -0.792. The summed E-state index contributed by atoms with van der Waals surface area (Å²) in [5.41, 5.74) is 0. The zero-order chi connectivity index (χ0) is 7.56. The number of nitrogens with zero attached hydrogens (tertiary/aromatic N) is 3. The fourth-order valence-corrected chi connectivity index (χ4v) is 0.470. The molecule has 0 aromatic carbocycles. The molecule has 0 unspecified atom stereocenters. The van der Waals surface area contributed by atoms with Gasteiger partial charge in [0.25, 0.3) is 0 Å². The maximum absolute atomic E-state index is 10.5. The second-order valence-electron chi connectivity index (χ2n) is 1.52. The van der Waals surface area contributed by atoms with Crippen LogP contribution in [0.3, 0.4) is 0 Å². The Morgan fingerprint density at radius 1 is 1.70 bits per heavy atom. The largest absolute Gasteiger partial charge is 0.614 e. The molecule has 0 aliphatic carbocycles. The van der Waals surface area contributed by atoms with Crippen LogP contribution in [0.15, 0.2) is 18.6 Å². The average Bonchev–Trinajstić information content (AvgIpc) is 1.88. The maximum Gasteiger partial charge on any atom is 0.531 e. The summed E-state index contributed by atoms with van der Waals surface area (Å²) in [6, 6.07) is 0. The molecule has 1 heterocycles. The van der Waals surface area contributed by atoms with E-state index < -0.39 is 10.7 Å². The first kappa shape index (κ1) is 6.40. The molecule has 6 nitrogen and oxygen atoms in total. The van der Waals surface area contributed by atoms with Crippen molar-refractivity contribution in [3.63, 3.8) is 0 Å².